The van der Waals surface area contributed by atoms with E-state index in [-0.39, 0.29) is 5.69 Å². The van der Waals surface area contributed by atoms with E-state index in [1.807, 2.05) is 0 Å². The summed E-state index contributed by atoms with van der Waals surface area (Å²) < 4.78 is 0. The van der Waals surface area contributed by atoms with E-state index >= 15 is 0 Å². The van der Waals surface area contributed by atoms with Crippen molar-refractivity contribution >= 4 is 17.4 Å². The van der Waals surface area contributed by atoms with Crippen LogP contribution in [0.3, 0.4) is 0 Å². The number of amides is 1. The number of nitrogen functional groups attached to an aromatic ring is 1. The summed E-state index contributed by atoms with van der Waals surface area (Å²) in [7, 11) is 2.09. The van der Waals surface area contributed by atoms with E-state index in [9.17, 15) is 4.79 Å². The highest BCUT2D eigenvalue weighted by atomic mass is 16.1. The maximum absolute atomic E-state index is 11.0. The smallest absolute Gasteiger partial charge is 0.267 e. The van der Waals surface area contributed by atoms with Crippen molar-refractivity contribution in [3.8, 4) is 0 Å². The topological polar surface area (TPSA) is 97.3 Å². The number of nitrogens with one attached hydrogen (secondary N) is 1. The molecule has 0 atom stereocenters. The predicted molar refractivity (Wildman–Crippen MR) is 78.0 cm³/mol. The van der Waals surface area contributed by atoms with Crippen molar-refractivity contribution in [2.45, 2.75) is 26.3 Å². The fourth-order valence-corrected chi connectivity index (χ4v) is 1.54. The first-order chi connectivity index (χ1) is 8.91. The quantitative estimate of drug-likeness (QED) is 0.636. The summed E-state index contributed by atoms with van der Waals surface area (Å²) in [6.07, 6.45) is 0.969. The van der Waals surface area contributed by atoms with Crippen LogP contribution in [0.2, 0.25) is 0 Å². The minimum Gasteiger partial charge on any atom is -0.396 e. The maximum atomic E-state index is 11.0. The molecule has 0 aliphatic rings. The van der Waals surface area contributed by atoms with Crippen molar-refractivity contribution in [2.75, 3.05) is 31.2 Å². The van der Waals surface area contributed by atoms with Gasteiger partial charge in [0.2, 0.25) is 0 Å². The van der Waals surface area contributed by atoms with Gasteiger partial charge in [0.05, 0.1) is 5.69 Å². The first-order valence-electron chi connectivity index (χ1n) is 6.42. The van der Waals surface area contributed by atoms with Gasteiger partial charge in [0.25, 0.3) is 5.91 Å². The molecule has 0 aliphatic heterocycles. The Bertz CT molecular complexity index is 433. The molecular weight excluding hydrogens is 242 g/mol. The second-order valence-electron chi connectivity index (χ2n) is 4.85. The molecule has 1 aromatic heterocycles. The van der Waals surface area contributed by atoms with Crippen molar-refractivity contribution < 1.29 is 4.79 Å². The number of anilines is 2. The van der Waals surface area contributed by atoms with E-state index < -0.39 is 5.91 Å². The summed E-state index contributed by atoms with van der Waals surface area (Å²) in [5.41, 5.74) is 11.7. The van der Waals surface area contributed by atoms with Crippen molar-refractivity contribution in [1.82, 2.24) is 9.88 Å². The van der Waals surface area contributed by atoms with E-state index in [0.717, 1.165) is 19.5 Å². The molecule has 6 nitrogen and oxygen atoms in total. The molecule has 0 unspecified atom stereocenters. The largest absolute Gasteiger partial charge is 0.396 e. The zero-order valence-electron chi connectivity index (χ0n) is 11.8. The van der Waals surface area contributed by atoms with Crippen LogP contribution in [0.4, 0.5) is 11.5 Å². The number of carbonyl (C=O) groups excluding carboxylic acids is 1. The molecule has 0 aromatic carbocycles. The van der Waals surface area contributed by atoms with Gasteiger partial charge in [0.1, 0.15) is 11.5 Å². The number of nitrogens with zero attached hydrogens (tertiary/aromatic N) is 2. The van der Waals surface area contributed by atoms with Gasteiger partial charge in [-0.3, -0.25) is 4.79 Å². The zero-order valence-corrected chi connectivity index (χ0v) is 11.8. The Balaban J connectivity index is 2.49. The standard InChI is InChI=1S/C13H23N5O/c1-9(2)18(3)8-4-7-16-13-10(14)5-6-11(17-13)12(15)19/h5-6,9H,4,7-8,14H2,1-3H3,(H2,15,19)(H,16,17). The number of pyridine rings is 1. The minimum atomic E-state index is -0.553. The number of hydrogen-bond acceptors (Lipinski definition) is 5. The van der Waals surface area contributed by atoms with E-state index in [2.05, 4.69) is 36.1 Å². The SMILES string of the molecule is CC(C)N(C)CCCNc1nc(C(N)=O)ccc1N. The second kappa shape index (κ2) is 6.94. The maximum Gasteiger partial charge on any atom is 0.267 e. The van der Waals surface area contributed by atoms with Crippen LogP contribution in [0.5, 0.6) is 0 Å². The summed E-state index contributed by atoms with van der Waals surface area (Å²) in [6.45, 7) is 6.04. The van der Waals surface area contributed by atoms with E-state index in [1.54, 1.807) is 6.07 Å². The summed E-state index contributed by atoms with van der Waals surface area (Å²) in [6, 6.07) is 3.69. The molecule has 5 N–H and O–H groups in total. The number of hydrogen-bond donors (Lipinski definition) is 3. The highest BCUT2D eigenvalue weighted by Gasteiger charge is 2.07. The predicted octanol–water partition coefficient (Wildman–Crippen LogP) is 0.905. The van der Waals surface area contributed by atoms with E-state index in [4.69, 9.17) is 11.5 Å². The molecule has 1 rings (SSSR count). The molecule has 0 bridgehead atoms. The van der Waals surface area contributed by atoms with E-state index in [1.165, 1.54) is 6.07 Å². The minimum absolute atomic E-state index is 0.219. The van der Waals surface area contributed by atoms with Gasteiger partial charge in [-0.25, -0.2) is 4.98 Å². The lowest BCUT2D eigenvalue weighted by Crippen LogP contribution is -2.28. The normalized spacial score (nSPS) is 11.0. The molecule has 106 valence electrons. The molecule has 0 fully saturated rings. The van der Waals surface area contributed by atoms with Crippen molar-refractivity contribution in [3.05, 3.63) is 17.8 Å². The second-order valence-corrected chi connectivity index (χ2v) is 4.85. The molecular formula is C13H23N5O. The van der Waals surface area contributed by atoms with Crippen LogP contribution in [0.15, 0.2) is 12.1 Å². The Morgan fingerprint density at radius 2 is 2.16 bits per heavy atom. The molecule has 0 saturated carbocycles. The van der Waals surface area contributed by atoms with Crippen LogP contribution in [0, 0.1) is 0 Å². The average Bonchev–Trinajstić information content (AvgIpc) is 2.35. The Hall–Kier alpha value is -1.82. The Morgan fingerprint density at radius 1 is 1.47 bits per heavy atom. The fraction of sp³-hybridized carbons (Fsp3) is 0.538. The Kier molecular flexibility index (Phi) is 5.57. The van der Waals surface area contributed by atoms with Crippen LogP contribution >= 0.6 is 0 Å². The highest BCUT2D eigenvalue weighted by Crippen LogP contribution is 2.15. The summed E-state index contributed by atoms with van der Waals surface area (Å²) in [5, 5.41) is 3.13. The summed E-state index contributed by atoms with van der Waals surface area (Å²) in [5.74, 6) is -0.0360. The lowest BCUT2D eigenvalue weighted by Gasteiger charge is -2.20. The Labute approximate surface area is 114 Å². The third-order valence-corrected chi connectivity index (χ3v) is 3.04. The molecule has 0 spiro atoms. The van der Waals surface area contributed by atoms with Crippen LogP contribution in [-0.4, -0.2) is 42.0 Å². The van der Waals surface area contributed by atoms with E-state index in [0.29, 0.717) is 17.5 Å². The number of nitrogens with two attached hydrogens (primary N) is 2. The van der Waals surface area contributed by atoms with Crippen LogP contribution < -0.4 is 16.8 Å². The van der Waals surface area contributed by atoms with Crippen LogP contribution in [0.1, 0.15) is 30.8 Å². The van der Waals surface area contributed by atoms with Gasteiger partial charge in [-0.15, -0.1) is 0 Å². The molecule has 0 radical (unpaired) electrons. The van der Waals surface area contributed by atoms with Crippen molar-refractivity contribution in [2.24, 2.45) is 5.73 Å². The highest BCUT2D eigenvalue weighted by molar-refractivity contribution is 5.91. The first-order valence-corrected chi connectivity index (χ1v) is 6.42. The van der Waals surface area contributed by atoms with Gasteiger partial charge in [-0.05, 0) is 46.0 Å². The molecule has 0 aliphatic carbocycles. The van der Waals surface area contributed by atoms with Gasteiger partial charge < -0.3 is 21.7 Å². The number of carbonyl (C=O) groups is 1. The summed E-state index contributed by atoms with van der Waals surface area (Å²) >= 11 is 0. The zero-order chi connectivity index (χ0) is 14.4. The summed E-state index contributed by atoms with van der Waals surface area (Å²) in [4.78, 5) is 17.4. The van der Waals surface area contributed by atoms with Gasteiger partial charge in [0.15, 0.2) is 0 Å². The molecule has 1 amide bonds. The molecule has 1 aromatic rings. The monoisotopic (exact) mass is 265 g/mol. The number of aromatic nitrogens is 1. The number of primary amides is 1. The third-order valence-electron chi connectivity index (χ3n) is 3.04. The fourth-order valence-electron chi connectivity index (χ4n) is 1.54. The Morgan fingerprint density at radius 3 is 2.74 bits per heavy atom. The van der Waals surface area contributed by atoms with Crippen molar-refractivity contribution in [3.63, 3.8) is 0 Å². The molecule has 6 heteroatoms. The van der Waals surface area contributed by atoms with Crippen LogP contribution in [0.25, 0.3) is 0 Å². The third kappa shape index (κ3) is 4.75. The molecule has 0 saturated heterocycles. The van der Waals surface area contributed by atoms with Gasteiger partial charge in [-0.2, -0.15) is 0 Å². The lowest BCUT2D eigenvalue weighted by molar-refractivity contribution is 0.0996. The van der Waals surface area contributed by atoms with Crippen LogP contribution in [-0.2, 0) is 0 Å². The van der Waals surface area contributed by atoms with Crippen molar-refractivity contribution in [1.29, 1.82) is 0 Å². The molecule has 19 heavy (non-hydrogen) atoms. The molecule has 1 heterocycles. The number of rotatable bonds is 7. The lowest BCUT2D eigenvalue weighted by atomic mass is 10.3. The average molecular weight is 265 g/mol. The van der Waals surface area contributed by atoms with Gasteiger partial charge in [0, 0.05) is 12.6 Å². The van der Waals surface area contributed by atoms with Gasteiger partial charge >= 0.3 is 0 Å². The first kappa shape index (κ1) is 15.2. The van der Waals surface area contributed by atoms with Gasteiger partial charge in [-0.1, -0.05) is 0 Å².